The Morgan fingerprint density at radius 3 is 2.83 bits per heavy atom. The first-order valence-electron chi connectivity index (χ1n) is 8.15. The number of carbonyl (C=O) groups is 2. The van der Waals surface area contributed by atoms with Crippen molar-refractivity contribution in [2.45, 2.75) is 37.5 Å². The number of hydrazine groups is 1. The molecule has 0 spiro atoms. The molecule has 5 nitrogen and oxygen atoms in total. The van der Waals surface area contributed by atoms with Crippen LogP contribution in [-0.2, 0) is 9.59 Å². The monoisotopic (exact) mass is 333 g/mol. The summed E-state index contributed by atoms with van der Waals surface area (Å²) in [7, 11) is 0. The van der Waals surface area contributed by atoms with E-state index in [0.717, 1.165) is 25.3 Å². The second kappa shape index (κ2) is 7.36. The molecule has 2 N–H and O–H groups in total. The van der Waals surface area contributed by atoms with Gasteiger partial charge in [-0.25, -0.2) is 5.43 Å². The summed E-state index contributed by atoms with van der Waals surface area (Å²) in [5, 5.41) is 0.452. The van der Waals surface area contributed by atoms with Crippen LogP contribution in [0.3, 0.4) is 0 Å². The van der Waals surface area contributed by atoms with Crippen molar-refractivity contribution >= 4 is 23.6 Å². The Morgan fingerprint density at radius 1 is 1.26 bits per heavy atom. The molecule has 1 aromatic rings. The predicted molar refractivity (Wildman–Crippen MR) is 91.9 cm³/mol. The number of nitrogens with zero attached hydrogens (tertiary/aromatic N) is 1. The highest BCUT2D eigenvalue weighted by molar-refractivity contribution is 7.99. The van der Waals surface area contributed by atoms with E-state index in [-0.39, 0.29) is 17.9 Å². The molecule has 0 aliphatic carbocycles. The zero-order valence-electron chi connectivity index (χ0n) is 13.4. The molecule has 2 aliphatic heterocycles. The average molecular weight is 333 g/mol. The summed E-state index contributed by atoms with van der Waals surface area (Å²) in [6.45, 7) is 3.70. The third kappa shape index (κ3) is 3.87. The van der Waals surface area contributed by atoms with E-state index in [1.54, 1.807) is 0 Å². The first kappa shape index (κ1) is 16.3. The van der Waals surface area contributed by atoms with Gasteiger partial charge in [0.25, 0.3) is 0 Å². The molecule has 0 aromatic heterocycles. The molecule has 3 rings (SSSR count). The highest BCUT2D eigenvalue weighted by Gasteiger charge is 2.30. The second-order valence-electron chi connectivity index (χ2n) is 6.11. The number of benzene rings is 1. The number of thioether (sulfide) groups is 1. The van der Waals surface area contributed by atoms with Crippen LogP contribution < -0.4 is 10.9 Å². The van der Waals surface area contributed by atoms with Crippen molar-refractivity contribution in [2.24, 2.45) is 0 Å². The van der Waals surface area contributed by atoms with Crippen LogP contribution in [0.15, 0.2) is 24.3 Å². The summed E-state index contributed by atoms with van der Waals surface area (Å²) in [5.74, 6) is 1.01. The summed E-state index contributed by atoms with van der Waals surface area (Å²) in [4.78, 5) is 25.8. The largest absolute Gasteiger partial charge is 0.340 e. The first-order valence-corrected chi connectivity index (χ1v) is 9.20. The van der Waals surface area contributed by atoms with Crippen molar-refractivity contribution in [2.75, 3.05) is 18.8 Å². The topological polar surface area (TPSA) is 61.4 Å². The van der Waals surface area contributed by atoms with E-state index in [9.17, 15) is 9.59 Å². The lowest BCUT2D eigenvalue weighted by Gasteiger charge is -2.29. The Balaban J connectivity index is 1.61. The number of aryl methyl sites for hydroxylation is 1. The molecule has 0 saturated carbocycles. The van der Waals surface area contributed by atoms with Crippen LogP contribution in [0.4, 0.5) is 0 Å². The number of rotatable bonds is 2. The van der Waals surface area contributed by atoms with Gasteiger partial charge >= 0.3 is 0 Å². The number of hydrogen-bond acceptors (Lipinski definition) is 4. The molecule has 2 heterocycles. The van der Waals surface area contributed by atoms with Gasteiger partial charge in [-0.15, -0.1) is 0 Å². The molecule has 0 radical (unpaired) electrons. The lowest BCUT2D eigenvalue weighted by molar-refractivity contribution is -0.136. The lowest BCUT2D eigenvalue weighted by Crippen LogP contribution is -2.56. The molecular formula is C17H23N3O2S. The third-order valence-electron chi connectivity index (χ3n) is 4.53. The van der Waals surface area contributed by atoms with E-state index in [4.69, 9.17) is 0 Å². The fraction of sp³-hybridized carbons (Fsp3) is 0.529. The van der Waals surface area contributed by atoms with Crippen LogP contribution in [0.5, 0.6) is 0 Å². The summed E-state index contributed by atoms with van der Waals surface area (Å²) < 4.78 is 0. The van der Waals surface area contributed by atoms with E-state index in [1.807, 2.05) is 16.7 Å². The average Bonchev–Trinajstić information content (AvgIpc) is 2.81. The van der Waals surface area contributed by atoms with Crippen molar-refractivity contribution < 1.29 is 9.59 Å². The molecule has 2 aliphatic rings. The summed E-state index contributed by atoms with van der Waals surface area (Å²) in [5.41, 5.74) is 8.11. The number of hydrogen-bond donors (Lipinski definition) is 2. The van der Waals surface area contributed by atoms with Gasteiger partial charge in [0.2, 0.25) is 11.8 Å². The molecule has 2 saturated heterocycles. The van der Waals surface area contributed by atoms with E-state index in [2.05, 4.69) is 42.0 Å². The maximum absolute atomic E-state index is 12.6. The van der Waals surface area contributed by atoms with Gasteiger partial charge < -0.3 is 4.90 Å². The van der Waals surface area contributed by atoms with Crippen LogP contribution in [0.1, 0.15) is 35.6 Å². The fourth-order valence-corrected chi connectivity index (χ4v) is 4.50. The smallest absolute Gasteiger partial charge is 0.241 e. The van der Waals surface area contributed by atoms with Crippen LogP contribution in [0, 0.1) is 6.92 Å². The van der Waals surface area contributed by atoms with Crippen LogP contribution >= 0.6 is 11.8 Å². The Bertz CT molecular complexity index is 583. The molecule has 2 unspecified atom stereocenters. The normalized spacial score (nSPS) is 25.6. The van der Waals surface area contributed by atoms with Gasteiger partial charge in [-0.2, -0.15) is 11.8 Å². The van der Waals surface area contributed by atoms with Gasteiger partial charge in [-0.05, 0) is 30.9 Å². The van der Waals surface area contributed by atoms with Gasteiger partial charge in [0.1, 0.15) is 6.04 Å². The molecule has 0 bridgehead atoms. The highest BCUT2D eigenvalue weighted by Crippen LogP contribution is 2.36. The van der Waals surface area contributed by atoms with Gasteiger partial charge in [0, 0.05) is 30.5 Å². The molecule has 23 heavy (non-hydrogen) atoms. The van der Waals surface area contributed by atoms with E-state index < -0.39 is 0 Å². The predicted octanol–water partition coefficient (Wildman–Crippen LogP) is 1.78. The molecule has 6 heteroatoms. The zero-order valence-corrected chi connectivity index (χ0v) is 14.2. The van der Waals surface area contributed by atoms with E-state index in [0.29, 0.717) is 18.1 Å². The van der Waals surface area contributed by atoms with Crippen LogP contribution in [0.25, 0.3) is 0 Å². The minimum atomic E-state index is -0.285. The SMILES string of the molecule is Cc1ccccc1C1CCN(C(=O)C2CCC(=O)NN2)CCS1. The zero-order chi connectivity index (χ0) is 16.2. The summed E-state index contributed by atoms with van der Waals surface area (Å²) in [6, 6.07) is 8.22. The number of carbonyl (C=O) groups excluding carboxylic acids is 2. The van der Waals surface area contributed by atoms with E-state index in [1.165, 1.54) is 11.1 Å². The van der Waals surface area contributed by atoms with Gasteiger partial charge in [-0.1, -0.05) is 24.3 Å². The lowest BCUT2D eigenvalue weighted by atomic mass is 10.0. The molecule has 2 fully saturated rings. The van der Waals surface area contributed by atoms with Gasteiger partial charge in [0.15, 0.2) is 0 Å². The molecular weight excluding hydrogens is 310 g/mol. The first-order chi connectivity index (χ1) is 11.1. The second-order valence-corrected chi connectivity index (χ2v) is 7.42. The molecule has 2 atom stereocenters. The minimum absolute atomic E-state index is 0.0416. The minimum Gasteiger partial charge on any atom is -0.340 e. The van der Waals surface area contributed by atoms with Gasteiger partial charge in [0.05, 0.1) is 0 Å². The maximum atomic E-state index is 12.6. The summed E-state index contributed by atoms with van der Waals surface area (Å²) in [6.07, 6.45) is 1.97. The number of nitrogens with one attached hydrogen (secondary N) is 2. The summed E-state index contributed by atoms with van der Waals surface area (Å²) >= 11 is 1.94. The van der Waals surface area contributed by atoms with Crippen molar-refractivity contribution in [3.05, 3.63) is 35.4 Å². The third-order valence-corrected chi connectivity index (χ3v) is 5.84. The van der Waals surface area contributed by atoms with Crippen molar-refractivity contribution in [1.82, 2.24) is 15.8 Å². The maximum Gasteiger partial charge on any atom is 0.241 e. The molecule has 2 amide bonds. The number of amides is 2. The standard InChI is InChI=1S/C17H23N3O2S/c1-12-4-2-3-5-13(12)15-8-9-20(10-11-23-15)17(22)14-6-7-16(21)19-18-14/h2-5,14-15,18H,6-11H2,1H3,(H,19,21). The van der Waals surface area contributed by atoms with Crippen molar-refractivity contribution in [3.63, 3.8) is 0 Å². The van der Waals surface area contributed by atoms with Crippen molar-refractivity contribution in [3.8, 4) is 0 Å². The Labute approximate surface area is 141 Å². The highest BCUT2D eigenvalue weighted by atomic mass is 32.2. The van der Waals surface area contributed by atoms with E-state index >= 15 is 0 Å². The molecule has 124 valence electrons. The van der Waals surface area contributed by atoms with Gasteiger partial charge in [-0.3, -0.25) is 15.0 Å². The van der Waals surface area contributed by atoms with Crippen LogP contribution in [-0.4, -0.2) is 41.6 Å². The Morgan fingerprint density at radius 2 is 2.09 bits per heavy atom. The van der Waals surface area contributed by atoms with Crippen molar-refractivity contribution in [1.29, 1.82) is 0 Å². The fourth-order valence-electron chi connectivity index (χ4n) is 3.17. The quantitative estimate of drug-likeness (QED) is 0.866. The molecule has 1 aromatic carbocycles. The Hall–Kier alpha value is -1.53. The Kier molecular flexibility index (Phi) is 5.23. The van der Waals surface area contributed by atoms with Crippen LogP contribution in [0.2, 0.25) is 0 Å².